The van der Waals surface area contributed by atoms with E-state index in [9.17, 15) is 14.9 Å². The molecule has 2 amide bonds. The lowest BCUT2D eigenvalue weighted by Crippen LogP contribution is -2.31. The number of carbonyl (C=O) groups is 1. The number of non-ortho nitro benzene ring substituents is 1. The molecule has 1 rings (SSSR count). The van der Waals surface area contributed by atoms with Crippen LogP contribution in [0, 0.1) is 10.1 Å². The Labute approximate surface area is 130 Å². The highest BCUT2D eigenvalue weighted by Gasteiger charge is 2.06. The number of carbonyl (C=O) groups excluding carboxylic acids is 1. The number of nitro benzene ring substituents is 1. The second-order valence-electron chi connectivity index (χ2n) is 5.47. The average Bonchev–Trinajstić information content (AvgIpc) is 2.47. The summed E-state index contributed by atoms with van der Waals surface area (Å²) in [6, 6.07) is 5.96. The number of nitro groups is 1. The minimum absolute atomic E-state index is 0.000213. The standard InChI is InChI=1S/C15H24N4O3/c1-12(2)18(3)11-5-4-10-16-15(20)17-13-6-8-14(9-7-13)19(21)22/h6-9,12H,4-5,10-11H2,1-3H3,(H2,16,17,20). The average molecular weight is 308 g/mol. The van der Waals surface area contributed by atoms with Crippen LogP contribution in [-0.4, -0.2) is 42.0 Å². The van der Waals surface area contributed by atoms with Crippen LogP contribution in [-0.2, 0) is 0 Å². The molecule has 122 valence electrons. The maximum Gasteiger partial charge on any atom is 0.319 e. The molecule has 1 aromatic carbocycles. The predicted molar refractivity (Wildman–Crippen MR) is 87.1 cm³/mol. The summed E-state index contributed by atoms with van der Waals surface area (Å²) in [5, 5.41) is 15.9. The smallest absolute Gasteiger partial charge is 0.319 e. The van der Waals surface area contributed by atoms with E-state index in [1.165, 1.54) is 24.3 Å². The molecule has 0 atom stereocenters. The first kappa shape index (κ1) is 17.9. The highest BCUT2D eigenvalue weighted by Crippen LogP contribution is 2.15. The largest absolute Gasteiger partial charge is 0.338 e. The maximum atomic E-state index is 11.7. The molecule has 0 heterocycles. The summed E-state index contributed by atoms with van der Waals surface area (Å²) in [7, 11) is 2.08. The van der Waals surface area contributed by atoms with Crippen molar-refractivity contribution in [3.63, 3.8) is 0 Å². The van der Waals surface area contributed by atoms with Crippen LogP contribution in [0.3, 0.4) is 0 Å². The third-order valence-corrected chi connectivity index (χ3v) is 3.44. The lowest BCUT2D eigenvalue weighted by Gasteiger charge is -2.20. The summed E-state index contributed by atoms with van der Waals surface area (Å²) in [4.78, 5) is 24.0. The Morgan fingerprint density at radius 3 is 2.45 bits per heavy atom. The summed E-state index contributed by atoms with van der Waals surface area (Å²) in [5.41, 5.74) is 0.530. The van der Waals surface area contributed by atoms with Gasteiger partial charge in [0.2, 0.25) is 0 Å². The molecule has 0 radical (unpaired) electrons. The molecule has 0 aliphatic carbocycles. The van der Waals surface area contributed by atoms with Gasteiger partial charge in [0.15, 0.2) is 0 Å². The minimum Gasteiger partial charge on any atom is -0.338 e. The van der Waals surface area contributed by atoms with E-state index in [4.69, 9.17) is 0 Å². The van der Waals surface area contributed by atoms with Gasteiger partial charge in [0.1, 0.15) is 0 Å². The summed E-state index contributed by atoms with van der Waals surface area (Å²) >= 11 is 0. The molecule has 0 aliphatic rings. The van der Waals surface area contributed by atoms with Gasteiger partial charge in [0.25, 0.3) is 5.69 Å². The van der Waals surface area contributed by atoms with Crippen molar-refractivity contribution < 1.29 is 9.72 Å². The lowest BCUT2D eigenvalue weighted by atomic mass is 10.2. The van der Waals surface area contributed by atoms with Gasteiger partial charge in [-0.15, -0.1) is 0 Å². The normalized spacial score (nSPS) is 10.8. The van der Waals surface area contributed by atoms with E-state index >= 15 is 0 Å². The van der Waals surface area contributed by atoms with Crippen LogP contribution in [0.5, 0.6) is 0 Å². The fourth-order valence-corrected chi connectivity index (χ4v) is 1.79. The van der Waals surface area contributed by atoms with E-state index in [1.54, 1.807) is 0 Å². The van der Waals surface area contributed by atoms with Crippen LogP contribution in [0.4, 0.5) is 16.2 Å². The van der Waals surface area contributed by atoms with Crippen LogP contribution < -0.4 is 10.6 Å². The van der Waals surface area contributed by atoms with Crippen LogP contribution in [0.2, 0.25) is 0 Å². The first-order chi connectivity index (χ1) is 10.4. The number of nitrogens with one attached hydrogen (secondary N) is 2. The number of anilines is 1. The second-order valence-corrected chi connectivity index (χ2v) is 5.47. The quantitative estimate of drug-likeness (QED) is 0.439. The second kappa shape index (κ2) is 8.99. The first-order valence-corrected chi connectivity index (χ1v) is 7.39. The van der Waals surface area contributed by atoms with E-state index in [1.807, 2.05) is 0 Å². The number of amides is 2. The van der Waals surface area contributed by atoms with Gasteiger partial charge < -0.3 is 15.5 Å². The fourth-order valence-electron chi connectivity index (χ4n) is 1.79. The third-order valence-electron chi connectivity index (χ3n) is 3.44. The van der Waals surface area contributed by atoms with Gasteiger partial charge in [-0.2, -0.15) is 0 Å². The topological polar surface area (TPSA) is 87.5 Å². The van der Waals surface area contributed by atoms with E-state index < -0.39 is 4.92 Å². The molecular formula is C15H24N4O3. The fraction of sp³-hybridized carbons (Fsp3) is 0.533. The summed E-state index contributed by atoms with van der Waals surface area (Å²) in [6.07, 6.45) is 1.93. The number of urea groups is 1. The van der Waals surface area contributed by atoms with Gasteiger partial charge in [-0.3, -0.25) is 10.1 Å². The van der Waals surface area contributed by atoms with Crippen LogP contribution in [0.15, 0.2) is 24.3 Å². The highest BCUT2D eigenvalue weighted by atomic mass is 16.6. The molecule has 0 spiro atoms. The van der Waals surface area contributed by atoms with Crippen LogP contribution in [0.1, 0.15) is 26.7 Å². The molecule has 2 N–H and O–H groups in total. The monoisotopic (exact) mass is 308 g/mol. The first-order valence-electron chi connectivity index (χ1n) is 7.39. The molecule has 0 aliphatic heterocycles. The Bertz CT molecular complexity index is 488. The number of nitrogens with zero attached hydrogens (tertiary/aromatic N) is 2. The van der Waals surface area contributed by atoms with Crippen molar-refractivity contribution in [1.29, 1.82) is 0 Å². The van der Waals surface area contributed by atoms with Crippen molar-refractivity contribution in [1.82, 2.24) is 10.2 Å². The zero-order valence-corrected chi connectivity index (χ0v) is 13.3. The lowest BCUT2D eigenvalue weighted by molar-refractivity contribution is -0.384. The number of rotatable bonds is 8. The van der Waals surface area contributed by atoms with E-state index in [0.29, 0.717) is 18.3 Å². The van der Waals surface area contributed by atoms with Crippen LogP contribution in [0.25, 0.3) is 0 Å². The maximum absolute atomic E-state index is 11.7. The molecule has 0 aromatic heterocycles. The molecule has 0 unspecified atom stereocenters. The van der Waals surface area contributed by atoms with Crippen molar-refractivity contribution >= 4 is 17.4 Å². The molecular weight excluding hydrogens is 284 g/mol. The molecule has 0 bridgehead atoms. The Kier molecular flexibility index (Phi) is 7.31. The zero-order chi connectivity index (χ0) is 16.5. The van der Waals surface area contributed by atoms with Gasteiger partial charge in [0.05, 0.1) is 4.92 Å². The van der Waals surface area contributed by atoms with Gasteiger partial charge in [0, 0.05) is 30.4 Å². The highest BCUT2D eigenvalue weighted by molar-refractivity contribution is 5.89. The third kappa shape index (κ3) is 6.53. The summed E-state index contributed by atoms with van der Waals surface area (Å²) in [6.45, 7) is 5.90. The Morgan fingerprint density at radius 2 is 1.91 bits per heavy atom. The van der Waals surface area contributed by atoms with E-state index in [0.717, 1.165) is 19.4 Å². The SMILES string of the molecule is CC(C)N(C)CCCCNC(=O)Nc1ccc([N+](=O)[O-])cc1. The molecule has 0 saturated heterocycles. The molecule has 22 heavy (non-hydrogen) atoms. The van der Waals surface area contributed by atoms with Crippen molar-refractivity contribution in [2.24, 2.45) is 0 Å². The van der Waals surface area contributed by atoms with Crippen molar-refractivity contribution in [2.45, 2.75) is 32.7 Å². The van der Waals surface area contributed by atoms with Crippen LogP contribution >= 0.6 is 0 Å². The van der Waals surface area contributed by atoms with E-state index in [-0.39, 0.29) is 11.7 Å². The number of benzene rings is 1. The van der Waals surface area contributed by atoms with E-state index in [2.05, 4.69) is 36.4 Å². The minimum atomic E-state index is -0.474. The Balaban J connectivity index is 2.22. The zero-order valence-electron chi connectivity index (χ0n) is 13.3. The molecule has 0 saturated carbocycles. The molecule has 7 nitrogen and oxygen atoms in total. The summed E-state index contributed by atoms with van der Waals surface area (Å²) in [5.74, 6) is 0. The predicted octanol–water partition coefficient (Wildman–Crippen LogP) is 2.84. The number of unbranched alkanes of at least 4 members (excludes halogenated alkanes) is 1. The number of hydrogen-bond donors (Lipinski definition) is 2. The van der Waals surface area contributed by atoms with Crippen molar-refractivity contribution in [2.75, 3.05) is 25.5 Å². The van der Waals surface area contributed by atoms with Gasteiger partial charge in [-0.05, 0) is 52.4 Å². The Morgan fingerprint density at radius 1 is 1.27 bits per heavy atom. The van der Waals surface area contributed by atoms with Gasteiger partial charge in [-0.25, -0.2) is 4.79 Å². The van der Waals surface area contributed by atoms with Crippen molar-refractivity contribution in [3.05, 3.63) is 34.4 Å². The molecule has 7 heteroatoms. The molecule has 0 fully saturated rings. The number of hydrogen-bond acceptors (Lipinski definition) is 4. The Hall–Kier alpha value is -2.15. The summed E-state index contributed by atoms with van der Waals surface area (Å²) < 4.78 is 0. The van der Waals surface area contributed by atoms with Gasteiger partial charge >= 0.3 is 6.03 Å². The molecule has 1 aromatic rings. The van der Waals surface area contributed by atoms with Gasteiger partial charge in [-0.1, -0.05) is 0 Å². The van der Waals surface area contributed by atoms with Crippen molar-refractivity contribution in [3.8, 4) is 0 Å².